The van der Waals surface area contributed by atoms with Crippen molar-refractivity contribution >= 4 is 11.7 Å². The Kier molecular flexibility index (Phi) is 3.07. The Labute approximate surface area is 104 Å². The fourth-order valence-electron chi connectivity index (χ4n) is 1.38. The minimum atomic E-state index is -4.66. The zero-order chi connectivity index (χ0) is 14.0. The van der Waals surface area contributed by atoms with E-state index in [1.807, 2.05) is 5.32 Å². The molecule has 2 aromatic rings. The number of hydrogen-bond donors (Lipinski definition) is 2. The summed E-state index contributed by atoms with van der Waals surface area (Å²) in [6.45, 7) is 0. The molecule has 0 bridgehead atoms. The summed E-state index contributed by atoms with van der Waals surface area (Å²) in [6.07, 6.45) is -1.18. The Hall–Kier alpha value is -2.65. The van der Waals surface area contributed by atoms with Gasteiger partial charge >= 0.3 is 12.2 Å². The molecule has 0 atom stereocenters. The lowest BCUT2D eigenvalue weighted by molar-refractivity contribution is -0.137. The molecule has 0 aromatic carbocycles. The standard InChI is InChI=1S/C9H7F3N6O/c10-9(11,12)6-3-5(16-8(13)19)4-14-7(6)18-2-1-15-17-18/h1-4H,(H3,13,16,19). The van der Waals surface area contributed by atoms with Gasteiger partial charge in [-0.1, -0.05) is 5.21 Å². The Morgan fingerprint density at radius 1 is 1.42 bits per heavy atom. The lowest BCUT2D eigenvalue weighted by Gasteiger charge is -2.13. The number of carbonyl (C=O) groups excluding carboxylic acids is 1. The van der Waals surface area contributed by atoms with Crippen molar-refractivity contribution in [3.63, 3.8) is 0 Å². The van der Waals surface area contributed by atoms with E-state index in [-0.39, 0.29) is 5.69 Å². The van der Waals surface area contributed by atoms with Gasteiger partial charge in [0.05, 0.1) is 24.3 Å². The molecule has 2 aromatic heterocycles. The highest BCUT2D eigenvalue weighted by molar-refractivity contribution is 5.87. The number of halogens is 3. The second kappa shape index (κ2) is 4.55. The predicted octanol–water partition coefficient (Wildman–Crippen LogP) is 1.17. The number of primary amides is 1. The minimum absolute atomic E-state index is 0.163. The number of nitrogens with two attached hydrogens (primary N) is 1. The number of alkyl halides is 3. The fraction of sp³-hybridized carbons (Fsp3) is 0.111. The average Bonchev–Trinajstić information content (AvgIpc) is 2.80. The molecule has 100 valence electrons. The molecule has 0 radical (unpaired) electrons. The van der Waals surface area contributed by atoms with Crippen molar-refractivity contribution in [2.75, 3.05) is 5.32 Å². The van der Waals surface area contributed by atoms with E-state index in [9.17, 15) is 18.0 Å². The van der Waals surface area contributed by atoms with Gasteiger partial charge in [-0.15, -0.1) is 5.10 Å². The third-order valence-electron chi connectivity index (χ3n) is 2.08. The van der Waals surface area contributed by atoms with E-state index in [1.165, 1.54) is 12.4 Å². The molecule has 19 heavy (non-hydrogen) atoms. The molecule has 2 amide bonds. The van der Waals surface area contributed by atoms with Crippen LogP contribution in [-0.2, 0) is 6.18 Å². The molecule has 0 fully saturated rings. The third kappa shape index (κ3) is 2.78. The van der Waals surface area contributed by atoms with Crippen LogP contribution in [0.15, 0.2) is 24.7 Å². The number of hydrogen-bond acceptors (Lipinski definition) is 4. The number of nitrogens with one attached hydrogen (secondary N) is 1. The first-order chi connectivity index (χ1) is 8.88. The van der Waals surface area contributed by atoms with Gasteiger partial charge < -0.3 is 11.1 Å². The molecule has 7 nitrogen and oxygen atoms in total. The third-order valence-corrected chi connectivity index (χ3v) is 2.08. The van der Waals surface area contributed by atoms with Crippen LogP contribution in [0.2, 0.25) is 0 Å². The first kappa shape index (κ1) is 12.8. The number of pyridine rings is 1. The molecule has 0 spiro atoms. The van der Waals surface area contributed by atoms with Gasteiger partial charge in [0.15, 0.2) is 5.82 Å². The number of nitrogens with zero attached hydrogens (tertiary/aromatic N) is 4. The lowest BCUT2D eigenvalue weighted by atomic mass is 10.2. The van der Waals surface area contributed by atoms with Gasteiger partial charge in [-0.2, -0.15) is 13.2 Å². The largest absolute Gasteiger partial charge is 0.420 e. The molecule has 0 saturated carbocycles. The Morgan fingerprint density at radius 3 is 2.68 bits per heavy atom. The molecular weight excluding hydrogens is 265 g/mol. The SMILES string of the molecule is NC(=O)Nc1cnc(-n2ccnn2)c(C(F)(F)F)c1. The highest BCUT2D eigenvalue weighted by atomic mass is 19.4. The van der Waals surface area contributed by atoms with Crippen LogP contribution in [0.1, 0.15) is 5.56 Å². The summed E-state index contributed by atoms with van der Waals surface area (Å²) in [5.74, 6) is -0.444. The summed E-state index contributed by atoms with van der Waals surface area (Å²) in [4.78, 5) is 14.2. The monoisotopic (exact) mass is 272 g/mol. The van der Waals surface area contributed by atoms with Crippen molar-refractivity contribution in [1.82, 2.24) is 20.0 Å². The van der Waals surface area contributed by atoms with E-state index in [1.54, 1.807) is 0 Å². The first-order valence-electron chi connectivity index (χ1n) is 4.88. The van der Waals surface area contributed by atoms with Crippen LogP contribution in [0.3, 0.4) is 0 Å². The number of urea groups is 1. The van der Waals surface area contributed by atoms with Crippen LogP contribution in [0, 0.1) is 0 Å². The molecule has 0 aliphatic carbocycles. The highest BCUT2D eigenvalue weighted by Crippen LogP contribution is 2.34. The number of aromatic nitrogens is 4. The lowest BCUT2D eigenvalue weighted by Crippen LogP contribution is -2.21. The highest BCUT2D eigenvalue weighted by Gasteiger charge is 2.35. The second-order valence-electron chi connectivity index (χ2n) is 3.43. The molecule has 0 saturated heterocycles. The normalized spacial score (nSPS) is 11.3. The summed E-state index contributed by atoms with van der Waals surface area (Å²) < 4.78 is 39.6. The van der Waals surface area contributed by atoms with E-state index in [4.69, 9.17) is 5.73 Å². The zero-order valence-electron chi connectivity index (χ0n) is 9.22. The topological polar surface area (TPSA) is 98.7 Å². The Bertz CT molecular complexity index is 594. The maximum Gasteiger partial charge on any atom is 0.420 e. The van der Waals surface area contributed by atoms with E-state index in [0.717, 1.165) is 16.9 Å². The quantitative estimate of drug-likeness (QED) is 0.857. The van der Waals surface area contributed by atoms with Crippen LogP contribution in [-0.4, -0.2) is 26.0 Å². The maximum absolute atomic E-state index is 12.9. The summed E-state index contributed by atoms with van der Waals surface area (Å²) in [5, 5.41) is 8.87. The van der Waals surface area contributed by atoms with Gasteiger partial charge in [0.1, 0.15) is 5.56 Å². The van der Waals surface area contributed by atoms with E-state index >= 15 is 0 Å². The predicted molar refractivity (Wildman–Crippen MR) is 57.4 cm³/mol. The van der Waals surface area contributed by atoms with Crippen molar-refractivity contribution < 1.29 is 18.0 Å². The van der Waals surface area contributed by atoms with E-state index in [0.29, 0.717) is 0 Å². The molecular formula is C9H7F3N6O. The minimum Gasteiger partial charge on any atom is -0.351 e. The summed E-state index contributed by atoms with van der Waals surface area (Å²) in [5.41, 5.74) is 3.60. The average molecular weight is 272 g/mol. The molecule has 0 aliphatic heterocycles. The molecule has 0 unspecified atom stereocenters. The maximum atomic E-state index is 12.9. The number of rotatable bonds is 2. The van der Waals surface area contributed by atoms with Crippen LogP contribution in [0.5, 0.6) is 0 Å². The fourth-order valence-corrected chi connectivity index (χ4v) is 1.38. The number of amides is 2. The van der Waals surface area contributed by atoms with Gasteiger partial charge in [-0.05, 0) is 6.07 Å². The van der Waals surface area contributed by atoms with Crippen molar-refractivity contribution in [3.8, 4) is 5.82 Å². The van der Waals surface area contributed by atoms with Crippen LogP contribution in [0.25, 0.3) is 5.82 Å². The Morgan fingerprint density at radius 2 is 2.16 bits per heavy atom. The second-order valence-corrected chi connectivity index (χ2v) is 3.43. The first-order valence-corrected chi connectivity index (χ1v) is 4.88. The van der Waals surface area contributed by atoms with Gasteiger partial charge in [0.25, 0.3) is 0 Å². The van der Waals surface area contributed by atoms with Crippen molar-refractivity contribution in [2.45, 2.75) is 6.18 Å². The molecule has 3 N–H and O–H groups in total. The van der Waals surface area contributed by atoms with Gasteiger partial charge in [0, 0.05) is 0 Å². The number of anilines is 1. The van der Waals surface area contributed by atoms with Gasteiger partial charge in [0.2, 0.25) is 0 Å². The molecule has 2 heterocycles. The summed E-state index contributed by atoms with van der Waals surface area (Å²) in [7, 11) is 0. The smallest absolute Gasteiger partial charge is 0.351 e. The van der Waals surface area contributed by atoms with E-state index < -0.39 is 23.6 Å². The number of carbonyl (C=O) groups is 1. The Balaban J connectivity index is 2.53. The molecule has 10 heteroatoms. The van der Waals surface area contributed by atoms with Crippen LogP contribution in [0.4, 0.5) is 23.7 Å². The van der Waals surface area contributed by atoms with Crippen LogP contribution >= 0.6 is 0 Å². The van der Waals surface area contributed by atoms with Crippen molar-refractivity contribution in [1.29, 1.82) is 0 Å². The van der Waals surface area contributed by atoms with E-state index in [2.05, 4.69) is 15.3 Å². The van der Waals surface area contributed by atoms with Crippen molar-refractivity contribution in [3.05, 3.63) is 30.2 Å². The zero-order valence-corrected chi connectivity index (χ0v) is 9.22. The summed E-state index contributed by atoms with van der Waals surface area (Å²) >= 11 is 0. The van der Waals surface area contributed by atoms with Crippen molar-refractivity contribution in [2.24, 2.45) is 5.73 Å². The summed E-state index contributed by atoms with van der Waals surface area (Å²) in [6, 6.07) is -0.266. The van der Waals surface area contributed by atoms with Gasteiger partial charge in [-0.3, -0.25) is 0 Å². The molecule has 0 aliphatic rings. The molecule has 2 rings (SSSR count). The van der Waals surface area contributed by atoms with Crippen LogP contribution < -0.4 is 11.1 Å². The van der Waals surface area contributed by atoms with Gasteiger partial charge in [-0.25, -0.2) is 14.5 Å².